The molecule has 58 valence electrons. The highest BCUT2D eigenvalue weighted by molar-refractivity contribution is 5.75. The van der Waals surface area contributed by atoms with Crippen molar-refractivity contribution in [2.24, 2.45) is 5.92 Å². The molecule has 0 aromatic heterocycles. The Morgan fingerprint density at radius 1 is 1.70 bits per heavy atom. The number of carbonyl (C=O) groups is 1. The zero-order chi connectivity index (χ0) is 7.40. The van der Waals surface area contributed by atoms with Gasteiger partial charge in [0.15, 0.2) is 0 Å². The SMILES string of the molecule is CC(=O)CCC1CCNC1. The number of nitrogens with one attached hydrogen (secondary N) is 1. The fourth-order valence-electron chi connectivity index (χ4n) is 1.37. The zero-order valence-corrected chi connectivity index (χ0v) is 6.52. The van der Waals surface area contributed by atoms with Crippen LogP contribution in [0, 0.1) is 5.92 Å². The molecule has 1 heterocycles. The van der Waals surface area contributed by atoms with Crippen LogP contribution in [0.3, 0.4) is 0 Å². The Morgan fingerprint density at radius 3 is 3.00 bits per heavy atom. The Balaban J connectivity index is 2.07. The van der Waals surface area contributed by atoms with Crippen molar-refractivity contribution in [3.8, 4) is 0 Å². The van der Waals surface area contributed by atoms with Crippen LogP contribution in [0.15, 0.2) is 0 Å². The van der Waals surface area contributed by atoms with Gasteiger partial charge in [-0.05, 0) is 38.8 Å². The maximum atomic E-state index is 10.6. The lowest BCUT2D eigenvalue weighted by atomic mass is 10.0. The molecular formula is C8H15NO. The molecule has 0 amide bonds. The maximum absolute atomic E-state index is 10.6. The number of hydrogen-bond donors (Lipinski definition) is 1. The average molecular weight is 141 g/mol. The van der Waals surface area contributed by atoms with Crippen molar-refractivity contribution in [2.45, 2.75) is 26.2 Å². The third-order valence-electron chi connectivity index (χ3n) is 2.07. The van der Waals surface area contributed by atoms with Crippen LogP contribution in [0.25, 0.3) is 0 Å². The van der Waals surface area contributed by atoms with E-state index in [1.165, 1.54) is 6.42 Å². The predicted molar refractivity (Wildman–Crippen MR) is 40.9 cm³/mol. The Kier molecular flexibility index (Phi) is 2.87. The zero-order valence-electron chi connectivity index (χ0n) is 6.52. The molecule has 0 aromatic carbocycles. The van der Waals surface area contributed by atoms with Crippen LogP contribution in [0.4, 0.5) is 0 Å². The molecule has 0 saturated carbocycles. The summed E-state index contributed by atoms with van der Waals surface area (Å²) < 4.78 is 0. The fraction of sp³-hybridized carbons (Fsp3) is 0.875. The van der Waals surface area contributed by atoms with Crippen LogP contribution in [-0.4, -0.2) is 18.9 Å². The number of Topliss-reactive ketones (excluding diaryl/α,β-unsaturated/α-hetero) is 1. The molecule has 1 unspecified atom stereocenters. The second-order valence-electron chi connectivity index (χ2n) is 3.10. The summed E-state index contributed by atoms with van der Waals surface area (Å²) in [6.07, 6.45) is 3.11. The van der Waals surface area contributed by atoms with E-state index in [2.05, 4.69) is 5.32 Å². The number of carbonyl (C=O) groups excluding carboxylic acids is 1. The topological polar surface area (TPSA) is 29.1 Å². The van der Waals surface area contributed by atoms with Gasteiger partial charge in [-0.3, -0.25) is 0 Å². The third-order valence-corrected chi connectivity index (χ3v) is 2.07. The van der Waals surface area contributed by atoms with Crippen molar-refractivity contribution < 1.29 is 4.79 Å². The molecule has 0 bridgehead atoms. The van der Waals surface area contributed by atoms with Crippen molar-refractivity contribution in [2.75, 3.05) is 13.1 Å². The lowest BCUT2D eigenvalue weighted by Crippen LogP contribution is -2.09. The monoisotopic (exact) mass is 141 g/mol. The van der Waals surface area contributed by atoms with Gasteiger partial charge in [-0.2, -0.15) is 0 Å². The van der Waals surface area contributed by atoms with Crippen molar-refractivity contribution in [1.29, 1.82) is 0 Å². The average Bonchev–Trinajstić information content (AvgIpc) is 2.34. The summed E-state index contributed by atoms with van der Waals surface area (Å²) in [6, 6.07) is 0. The molecule has 0 aliphatic carbocycles. The van der Waals surface area contributed by atoms with Crippen LogP contribution in [-0.2, 0) is 4.79 Å². The van der Waals surface area contributed by atoms with E-state index in [4.69, 9.17) is 0 Å². The van der Waals surface area contributed by atoms with Crippen LogP contribution in [0.5, 0.6) is 0 Å². The largest absolute Gasteiger partial charge is 0.316 e. The van der Waals surface area contributed by atoms with E-state index in [0.29, 0.717) is 5.78 Å². The van der Waals surface area contributed by atoms with Gasteiger partial charge >= 0.3 is 0 Å². The highest BCUT2D eigenvalue weighted by Crippen LogP contribution is 2.13. The van der Waals surface area contributed by atoms with Gasteiger partial charge < -0.3 is 10.1 Å². The summed E-state index contributed by atoms with van der Waals surface area (Å²) in [4.78, 5) is 10.6. The minimum absolute atomic E-state index is 0.326. The van der Waals surface area contributed by atoms with Gasteiger partial charge in [-0.25, -0.2) is 0 Å². The van der Waals surface area contributed by atoms with Gasteiger partial charge in [0.1, 0.15) is 5.78 Å². The van der Waals surface area contributed by atoms with Crippen LogP contribution < -0.4 is 5.32 Å². The fourth-order valence-corrected chi connectivity index (χ4v) is 1.37. The van der Waals surface area contributed by atoms with Gasteiger partial charge in [0.25, 0.3) is 0 Å². The second-order valence-corrected chi connectivity index (χ2v) is 3.10. The molecule has 0 spiro atoms. The van der Waals surface area contributed by atoms with E-state index in [-0.39, 0.29) is 0 Å². The molecule has 1 N–H and O–H groups in total. The Bertz CT molecular complexity index is 116. The Labute approximate surface area is 62.0 Å². The maximum Gasteiger partial charge on any atom is 0.129 e. The lowest BCUT2D eigenvalue weighted by Gasteiger charge is -2.04. The lowest BCUT2D eigenvalue weighted by molar-refractivity contribution is -0.117. The number of ketones is 1. The molecule has 0 aromatic rings. The van der Waals surface area contributed by atoms with Crippen LogP contribution in [0.2, 0.25) is 0 Å². The Morgan fingerprint density at radius 2 is 2.50 bits per heavy atom. The second kappa shape index (κ2) is 3.71. The van der Waals surface area contributed by atoms with Gasteiger partial charge in [-0.1, -0.05) is 0 Å². The van der Waals surface area contributed by atoms with E-state index in [1.807, 2.05) is 0 Å². The van der Waals surface area contributed by atoms with Gasteiger partial charge in [0.05, 0.1) is 0 Å². The first-order valence-electron chi connectivity index (χ1n) is 3.99. The first-order chi connectivity index (χ1) is 4.79. The normalized spacial score (nSPS) is 25.1. The summed E-state index contributed by atoms with van der Waals surface area (Å²) in [5, 5.41) is 3.28. The number of hydrogen-bond acceptors (Lipinski definition) is 2. The highest BCUT2D eigenvalue weighted by Gasteiger charge is 2.13. The first-order valence-corrected chi connectivity index (χ1v) is 3.99. The third kappa shape index (κ3) is 2.48. The standard InChI is InChI=1S/C8H15NO/c1-7(10)2-3-8-4-5-9-6-8/h8-9H,2-6H2,1H3. The molecule has 2 nitrogen and oxygen atoms in total. The summed E-state index contributed by atoms with van der Waals surface area (Å²) in [5.74, 6) is 1.09. The van der Waals surface area contributed by atoms with Gasteiger partial charge in [-0.15, -0.1) is 0 Å². The minimum atomic E-state index is 0.326. The summed E-state index contributed by atoms with van der Waals surface area (Å²) in [5.41, 5.74) is 0. The molecule has 2 heteroatoms. The van der Waals surface area contributed by atoms with Crippen LogP contribution >= 0.6 is 0 Å². The van der Waals surface area contributed by atoms with E-state index in [9.17, 15) is 4.79 Å². The molecule has 1 atom stereocenters. The van der Waals surface area contributed by atoms with Crippen LogP contribution in [0.1, 0.15) is 26.2 Å². The highest BCUT2D eigenvalue weighted by atomic mass is 16.1. The first kappa shape index (κ1) is 7.73. The van der Waals surface area contributed by atoms with E-state index >= 15 is 0 Å². The summed E-state index contributed by atoms with van der Waals surface area (Å²) >= 11 is 0. The van der Waals surface area contributed by atoms with Crippen molar-refractivity contribution in [3.05, 3.63) is 0 Å². The molecule has 1 aliphatic rings. The van der Waals surface area contributed by atoms with E-state index in [0.717, 1.165) is 31.8 Å². The van der Waals surface area contributed by atoms with Crippen molar-refractivity contribution in [1.82, 2.24) is 5.32 Å². The van der Waals surface area contributed by atoms with Gasteiger partial charge in [0.2, 0.25) is 0 Å². The minimum Gasteiger partial charge on any atom is -0.316 e. The summed E-state index contributed by atoms with van der Waals surface area (Å²) in [7, 11) is 0. The van der Waals surface area contributed by atoms with Crippen molar-refractivity contribution in [3.63, 3.8) is 0 Å². The molecule has 1 rings (SSSR count). The van der Waals surface area contributed by atoms with Gasteiger partial charge in [0, 0.05) is 6.42 Å². The molecule has 10 heavy (non-hydrogen) atoms. The number of rotatable bonds is 3. The molecular weight excluding hydrogens is 126 g/mol. The summed E-state index contributed by atoms with van der Waals surface area (Å²) in [6.45, 7) is 3.93. The van der Waals surface area contributed by atoms with Crippen molar-refractivity contribution >= 4 is 5.78 Å². The van der Waals surface area contributed by atoms with E-state index in [1.54, 1.807) is 6.92 Å². The molecule has 1 aliphatic heterocycles. The molecule has 0 radical (unpaired) electrons. The smallest absolute Gasteiger partial charge is 0.129 e. The quantitative estimate of drug-likeness (QED) is 0.634. The Hall–Kier alpha value is -0.370. The molecule has 1 fully saturated rings. The molecule has 1 saturated heterocycles. The predicted octanol–water partition coefficient (Wildman–Crippen LogP) is 0.965. The van der Waals surface area contributed by atoms with E-state index < -0.39 is 0 Å².